The van der Waals surface area contributed by atoms with Crippen LogP contribution in [0, 0.1) is 0 Å². The van der Waals surface area contributed by atoms with E-state index in [1.54, 1.807) is 7.11 Å². The molecule has 0 aliphatic rings. The maximum atomic E-state index is 12.2. The van der Waals surface area contributed by atoms with Crippen molar-refractivity contribution in [2.75, 3.05) is 7.11 Å². The van der Waals surface area contributed by atoms with Gasteiger partial charge in [-0.05, 0) is 52.0 Å². The second kappa shape index (κ2) is 7.40. The van der Waals surface area contributed by atoms with E-state index in [0.717, 1.165) is 10.0 Å². The summed E-state index contributed by atoms with van der Waals surface area (Å²) in [5.41, 5.74) is 0.972. The molecule has 0 saturated heterocycles. The summed E-state index contributed by atoms with van der Waals surface area (Å²) in [6.45, 7) is 1.92. The molecule has 2 rings (SSSR count). The summed E-state index contributed by atoms with van der Waals surface area (Å²) in [7, 11) is 1.63. The maximum absolute atomic E-state index is 12.2. The van der Waals surface area contributed by atoms with Crippen LogP contribution in [0.1, 0.15) is 28.3 Å². The molecule has 2 atom stereocenters. The number of nitrogens with one attached hydrogen (secondary N) is 1. The first-order valence-corrected chi connectivity index (χ1v) is 8.40. The summed E-state index contributed by atoms with van der Waals surface area (Å²) < 4.78 is 6.32. The molecule has 1 aromatic heterocycles. The SMILES string of the molecule is CO[C@H](c1ccc(Cl)cc1)[C@@H](C)NC(=O)c1sccc1Br. The van der Waals surface area contributed by atoms with Crippen molar-refractivity contribution in [3.05, 3.63) is 55.6 Å². The first kappa shape index (κ1) is 16.5. The van der Waals surface area contributed by atoms with Gasteiger partial charge in [0.25, 0.3) is 5.91 Å². The number of thiophene rings is 1. The number of rotatable bonds is 5. The molecule has 0 bridgehead atoms. The number of hydrogen-bond donors (Lipinski definition) is 1. The van der Waals surface area contributed by atoms with E-state index in [1.807, 2.05) is 42.6 Å². The zero-order chi connectivity index (χ0) is 15.4. The zero-order valence-corrected chi connectivity index (χ0v) is 14.8. The Kier molecular flexibility index (Phi) is 5.81. The molecule has 1 amide bonds. The first-order chi connectivity index (χ1) is 10.0. The van der Waals surface area contributed by atoms with Crippen LogP contribution < -0.4 is 5.32 Å². The molecule has 0 aliphatic heterocycles. The fraction of sp³-hybridized carbons (Fsp3) is 0.267. The third kappa shape index (κ3) is 4.07. The highest BCUT2D eigenvalue weighted by Gasteiger charge is 2.22. The van der Waals surface area contributed by atoms with Gasteiger partial charge in [-0.25, -0.2) is 0 Å². The summed E-state index contributed by atoms with van der Waals surface area (Å²) in [4.78, 5) is 12.9. The molecule has 0 aliphatic carbocycles. The fourth-order valence-corrected chi connectivity index (χ4v) is 3.67. The van der Waals surface area contributed by atoms with Gasteiger partial charge in [-0.2, -0.15) is 0 Å². The van der Waals surface area contributed by atoms with Crippen molar-refractivity contribution in [2.45, 2.75) is 19.1 Å². The summed E-state index contributed by atoms with van der Waals surface area (Å²) in [6, 6.07) is 9.12. The van der Waals surface area contributed by atoms with Crippen LogP contribution in [0.25, 0.3) is 0 Å². The predicted molar refractivity (Wildman–Crippen MR) is 90.1 cm³/mol. The Morgan fingerprint density at radius 1 is 1.33 bits per heavy atom. The second-order valence-corrected chi connectivity index (χ2v) is 6.77. The topological polar surface area (TPSA) is 38.3 Å². The Morgan fingerprint density at radius 3 is 2.52 bits per heavy atom. The Morgan fingerprint density at radius 2 is 2.00 bits per heavy atom. The summed E-state index contributed by atoms with van der Waals surface area (Å²) in [6.07, 6.45) is -0.232. The van der Waals surface area contributed by atoms with E-state index in [0.29, 0.717) is 9.90 Å². The van der Waals surface area contributed by atoms with Crippen LogP contribution in [0.15, 0.2) is 40.2 Å². The molecule has 3 nitrogen and oxygen atoms in total. The van der Waals surface area contributed by atoms with Crippen LogP contribution in [0.2, 0.25) is 5.02 Å². The summed E-state index contributed by atoms with van der Waals surface area (Å²) in [5, 5.41) is 5.52. The number of carbonyl (C=O) groups is 1. The first-order valence-electron chi connectivity index (χ1n) is 6.35. The molecule has 1 N–H and O–H groups in total. The van der Waals surface area contributed by atoms with Crippen molar-refractivity contribution >= 4 is 44.8 Å². The van der Waals surface area contributed by atoms with Crippen molar-refractivity contribution in [1.29, 1.82) is 0 Å². The lowest BCUT2D eigenvalue weighted by molar-refractivity contribution is 0.0646. The number of amides is 1. The quantitative estimate of drug-likeness (QED) is 0.808. The van der Waals surface area contributed by atoms with Gasteiger partial charge in [-0.1, -0.05) is 23.7 Å². The van der Waals surface area contributed by atoms with Crippen LogP contribution in [0.5, 0.6) is 0 Å². The van der Waals surface area contributed by atoms with E-state index in [1.165, 1.54) is 11.3 Å². The minimum Gasteiger partial charge on any atom is -0.375 e. The van der Waals surface area contributed by atoms with Crippen LogP contribution in [0.3, 0.4) is 0 Å². The molecule has 21 heavy (non-hydrogen) atoms. The molecule has 112 valence electrons. The molecule has 6 heteroatoms. The highest BCUT2D eigenvalue weighted by Crippen LogP contribution is 2.25. The second-order valence-electron chi connectivity index (χ2n) is 4.57. The van der Waals surface area contributed by atoms with Crippen LogP contribution in [0.4, 0.5) is 0 Å². The monoisotopic (exact) mass is 387 g/mol. The molecule has 0 saturated carbocycles. The number of methoxy groups -OCH3 is 1. The van der Waals surface area contributed by atoms with E-state index in [9.17, 15) is 4.79 Å². The summed E-state index contributed by atoms with van der Waals surface area (Å²) >= 11 is 10.7. The van der Waals surface area contributed by atoms with Crippen molar-refractivity contribution < 1.29 is 9.53 Å². The average molecular weight is 389 g/mol. The summed E-state index contributed by atoms with van der Waals surface area (Å²) in [5.74, 6) is -0.111. The third-order valence-electron chi connectivity index (χ3n) is 3.09. The minimum atomic E-state index is -0.232. The number of carbonyl (C=O) groups excluding carboxylic acids is 1. The number of benzene rings is 1. The number of hydrogen-bond acceptors (Lipinski definition) is 3. The largest absolute Gasteiger partial charge is 0.375 e. The minimum absolute atomic E-state index is 0.111. The Hall–Kier alpha value is -0.880. The van der Waals surface area contributed by atoms with Gasteiger partial charge in [-0.15, -0.1) is 11.3 Å². The molecule has 0 radical (unpaired) electrons. The molecule has 0 spiro atoms. The highest BCUT2D eigenvalue weighted by molar-refractivity contribution is 9.10. The van der Waals surface area contributed by atoms with E-state index in [4.69, 9.17) is 16.3 Å². The van der Waals surface area contributed by atoms with Crippen molar-refractivity contribution in [2.24, 2.45) is 0 Å². The van der Waals surface area contributed by atoms with E-state index < -0.39 is 0 Å². The lowest BCUT2D eigenvalue weighted by Crippen LogP contribution is -2.37. The number of ether oxygens (including phenoxy) is 1. The van der Waals surface area contributed by atoms with E-state index in [2.05, 4.69) is 21.2 Å². The molecule has 1 aromatic carbocycles. The molecule has 1 heterocycles. The van der Waals surface area contributed by atoms with Gasteiger partial charge in [-0.3, -0.25) is 4.79 Å². The standard InChI is InChI=1S/C15H15BrClNO2S/c1-9(18-15(19)14-12(16)7-8-21-14)13(20-2)10-3-5-11(17)6-4-10/h3-9,13H,1-2H3,(H,18,19)/t9-,13+/m1/s1. The molecule has 0 fully saturated rings. The van der Waals surface area contributed by atoms with E-state index in [-0.39, 0.29) is 18.1 Å². The fourth-order valence-electron chi connectivity index (χ4n) is 2.09. The van der Waals surface area contributed by atoms with Gasteiger partial charge < -0.3 is 10.1 Å². The van der Waals surface area contributed by atoms with Gasteiger partial charge >= 0.3 is 0 Å². The van der Waals surface area contributed by atoms with Crippen molar-refractivity contribution in [1.82, 2.24) is 5.32 Å². The average Bonchev–Trinajstić information content (AvgIpc) is 2.88. The smallest absolute Gasteiger partial charge is 0.262 e. The van der Waals surface area contributed by atoms with Gasteiger partial charge in [0.05, 0.1) is 6.04 Å². The normalized spacial score (nSPS) is 13.7. The predicted octanol–water partition coefficient (Wildman–Crippen LogP) is 4.67. The third-order valence-corrected chi connectivity index (χ3v) is 5.18. The van der Waals surface area contributed by atoms with Crippen LogP contribution in [-0.2, 0) is 4.74 Å². The van der Waals surface area contributed by atoms with Gasteiger partial charge in [0.1, 0.15) is 11.0 Å². The molecular weight excluding hydrogens is 374 g/mol. The van der Waals surface area contributed by atoms with Crippen LogP contribution >= 0.6 is 38.9 Å². The van der Waals surface area contributed by atoms with E-state index >= 15 is 0 Å². The Labute approximate surface area is 141 Å². The van der Waals surface area contributed by atoms with Crippen molar-refractivity contribution in [3.8, 4) is 0 Å². The Bertz CT molecular complexity index is 614. The highest BCUT2D eigenvalue weighted by atomic mass is 79.9. The van der Waals surface area contributed by atoms with Gasteiger partial charge in [0.15, 0.2) is 0 Å². The van der Waals surface area contributed by atoms with Gasteiger partial charge in [0, 0.05) is 16.6 Å². The molecule has 0 unspecified atom stereocenters. The zero-order valence-electron chi connectivity index (χ0n) is 11.6. The number of halogens is 2. The Balaban J connectivity index is 2.10. The molecular formula is C15H15BrClNO2S. The lowest BCUT2D eigenvalue weighted by Gasteiger charge is -2.24. The molecule has 2 aromatic rings. The lowest BCUT2D eigenvalue weighted by atomic mass is 10.0. The van der Waals surface area contributed by atoms with Crippen molar-refractivity contribution in [3.63, 3.8) is 0 Å². The maximum Gasteiger partial charge on any atom is 0.262 e. The van der Waals surface area contributed by atoms with Crippen LogP contribution in [-0.4, -0.2) is 19.1 Å². The van der Waals surface area contributed by atoms with Gasteiger partial charge in [0.2, 0.25) is 0 Å².